The highest BCUT2D eigenvalue weighted by Gasteiger charge is 2.71. The maximum Gasteiger partial charge on any atom is 0.302 e. The van der Waals surface area contributed by atoms with E-state index in [2.05, 4.69) is 53.8 Å². The number of hydrogen-bond donors (Lipinski definition) is 1. The van der Waals surface area contributed by atoms with E-state index in [1.807, 2.05) is 0 Å². The second-order valence-corrected chi connectivity index (χ2v) is 18.2. The highest BCUT2D eigenvalue weighted by Crippen LogP contribution is 2.76. The van der Waals surface area contributed by atoms with Gasteiger partial charge in [0.25, 0.3) is 0 Å². The summed E-state index contributed by atoms with van der Waals surface area (Å²) in [6, 6.07) is 0. The molecule has 0 aromatic carbocycles. The molecular weight excluding hydrogens is 584 g/mol. The number of ether oxygens (including phenoxy) is 1. The number of allylic oxidation sites excluding steroid dienone is 1. The van der Waals surface area contributed by atoms with Crippen molar-refractivity contribution < 1.29 is 27.9 Å². The maximum absolute atomic E-state index is 14.4. The Bertz CT molecular complexity index is 1310. The zero-order chi connectivity index (χ0) is 33.7. The number of carbonyl (C=O) groups is 3. The summed E-state index contributed by atoms with van der Waals surface area (Å²) in [4.78, 5) is 40.3. The van der Waals surface area contributed by atoms with Gasteiger partial charge in [0.2, 0.25) is 11.8 Å². The lowest BCUT2D eigenvalue weighted by molar-refractivity contribution is -0.232. The molecule has 8 atom stereocenters. The van der Waals surface area contributed by atoms with Gasteiger partial charge in [-0.2, -0.15) is 0 Å². The van der Waals surface area contributed by atoms with Gasteiger partial charge < -0.3 is 10.1 Å². The Labute approximate surface area is 275 Å². The third-order valence-corrected chi connectivity index (χ3v) is 15.5. The topological polar surface area (TPSA) is 72.5 Å². The number of ketones is 1. The molecule has 0 bridgehead atoms. The predicted octanol–water partition coefficient (Wildman–Crippen LogP) is 8.84. The molecule has 5 nitrogen and oxygen atoms in total. The number of rotatable bonds is 5. The van der Waals surface area contributed by atoms with Crippen molar-refractivity contribution in [2.45, 2.75) is 151 Å². The van der Waals surface area contributed by atoms with Gasteiger partial charge >= 0.3 is 5.97 Å². The van der Waals surface area contributed by atoms with E-state index in [0.717, 1.165) is 56.1 Å². The summed E-state index contributed by atoms with van der Waals surface area (Å²) in [5, 5.41) is 3.23. The number of halogens is 2. The first-order valence-electron chi connectivity index (χ1n) is 18.4. The van der Waals surface area contributed by atoms with Crippen LogP contribution in [-0.2, 0) is 19.1 Å². The zero-order valence-corrected chi connectivity index (χ0v) is 29.8. The molecule has 0 saturated heterocycles. The average Bonchev–Trinajstić information content (AvgIpc) is 3.27. The molecule has 7 heteroatoms. The quantitative estimate of drug-likeness (QED) is 0.304. The molecule has 1 N–H and O–H groups in total. The lowest BCUT2D eigenvalue weighted by atomic mass is 9.33. The largest absolute Gasteiger partial charge is 0.462 e. The van der Waals surface area contributed by atoms with Gasteiger partial charge in [-0.25, -0.2) is 8.78 Å². The van der Waals surface area contributed by atoms with Gasteiger partial charge in [0.1, 0.15) is 6.10 Å². The number of carbonyl (C=O) groups excluding carboxylic acids is 3. The number of nitrogens with one attached hydrogen (secondary N) is 1. The Morgan fingerprint density at radius 3 is 2.15 bits per heavy atom. The van der Waals surface area contributed by atoms with Crippen LogP contribution in [0.3, 0.4) is 0 Å². The molecule has 6 aliphatic carbocycles. The smallest absolute Gasteiger partial charge is 0.302 e. The van der Waals surface area contributed by atoms with Crippen molar-refractivity contribution >= 4 is 17.7 Å². The van der Waals surface area contributed by atoms with Crippen molar-refractivity contribution in [2.24, 2.45) is 56.7 Å². The summed E-state index contributed by atoms with van der Waals surface area (Å²) in [6.45, 7) is 18.3. The van der Waals surface area contributed by atoms with Crippen LogP contribution in [0.1, 0.15) is 139 Å². The van der Waals surface area contributed by atoms with Crippen molar-refractivity contribution in [3.05, 3.63) is 11.1 Å². The van der Waals surface area contributed by atoms with E-state index in [0.29, 0.717) is 37.6 Å². The Kier molecular flexibility index (Phi) is 8.24. The molecular formula is C39H59F2NO4. The highest BCUT2D eigenvalue weighted by molar-refractivity contribution is 6.06. The molecule has 5 fully saturated rings. The highest BCUT2D eigenvalue weighted by atomic mass is 19.3. The van der Waals surface area contributed by atoms with E-state index >= 15 is 0 Å². The molecule has 4 unspecified atom stereocenters. The summed E-state index contributed by atoms with van der Waals surface area (Å²) >= 11 is 0. The standard InChI is InChI=1S/C39H59F2NO4/c1-23(2)31-27(44)21-38(33(45)42-22-25-11-17-39(40,41)18-12-25)20-19-36(7)26(32(31)38)9-10-29-35(6)15-14-30(46-24(3)43)34(4,5)28(35)13-16-37(29,36)8/h23,25-26,28-30H,9-22H2,1-8H3,(H,42,45)/t26?,28?,29?,30-,35-,36+,37+,38?/m0/s1. The fourth-order valence-electron chi connectivity index (χ4n) is 13.0. The Morgan fingerprint density at radius 2 is 1.52 bits per heavy atom. The second-order valence-electron chi connectivity index (χ2n) is 18.2. The van der Waals surface area contributed by atoms with Crippen molar-refractivity contribution in [3.8, 4) is 0 Å². The Hall–Kier alpha value is -1.79. The van der Waals surface area contributed by atoms with Crippen molar-refractivity contribution in [1.82, 2.24) is 5.32 Å². The van der Waals surface area contributed by atoms with Gasteiger partial charge in [0.05, 0.1) is 5.41 Å². The number of alkyl halides is 2. The van der Waals surface area contributed by atoms with Crippen LogP contribution in [0.15, 0.2) is 11.1 Å². The minimum atomic E-state index is -2.59. The first-order chi connectivity index (χ1) is 21.3. The Balaban J connectivity index is 1.31. The van der Waals surface area contributed by atoms with Crippen LogP contribution in [0.5, 0.6) is 0 Å². The van der Waals surface area contributed by atoms with Crippen LogP contribution in [-0.4, -0.2) is 36.2 Å². The summed E-state index contributed by atoms with van der Waals surface area (Å²) in [6.07, 6.45) is 8.63. The second kappa shape index (κ2) is 11.1. The van der Waals surface area contributed by atoms with E-state index < -0.39 is 11.3 Å². The molecule has 1 amide bonds. The number of fused-ring (bicyclic) bond motifs is 7. The number of amides is 1. The van der Waals surface area contributed by atoms with Crippen LogP contribution in [0.2, 0.25) is 0 Å². The summed E-state index contributed by atoms with van der Waals surface area (Å²) < 4.78 is 33.5. The minimum absolute atomic E-state index is 0.0421. The van der Waals surface area contributed by atoms with Gasteiger partial charge in [-0.05, 0) is 121 Å². The maximum atomic E-state index is 14.4. The van der Waals surface area contributed by atoms with Gasteiger partial charge in [0.15, 0.2) is 5.78 Å². The average molecular weight is 644 g/mol. The van der Waals surface area contributed by atoms with Crippen molar-refractivity contribution in [1.29, 1.82) is 0 Å². The summed E-state index contributed by atoms with van der Waals surface area (Å²) in [5.41, 5.74) is 1.27. The van der Waals surface area contributed by atoms with Crippen LogP contribution < -0.4 is 5.32 Å². The third-order valence-electron chi connectivity index (χ3n) is 15.5. The van der Waals surface area contributed by atoms with Crippen LogP contribution in [0, 0.1) is 56.7 Å². The SMILES string of the molecule is CC(=O)O[C@H]1CC[C@@]2(C)C(CC[C@]3(C)C2CCC2C4=C(C(C)C)C(=O)CC4(C(=O)NCC4CCC(F)(F)CC4)CC[C@]23C)C1(C)C. The van der Waals surface area contributed by atoms with Gasteiger partial charge in [-0.1, -0.05) is 48.5 Å². The molecule has 46 heavy (non-hydrogen) atoms. The van der Waals surface area contributed by atoms with E-state index in [4.69, 9.17) is 4.74 Å². The van der Waals surface area contributed by atoms with E-state index in [1.165, 1.54) is 6.92 Å². The number of esters is 1. The Morgan fingerprint density at radius 1 is 0.848 bits per heavy atom. The van der Waals surface area contributed by atoms with Crippen LogP contribution in [0.4, 0.5) is 8.78 Å². The third kappa shape index (κ3) is 4.88. The summed E-state index contributed by atoms with van der Waals surface area (Å²) in [7, 11) is 0. The fraction of sp³-hybridized carbons (Fsp3) is 0.872. The van der Waals surface area contributed by atoms with Crippen LogP contribution in [0.25, 0.3) is 0 Å². The number of hydrogen-bond acceptors (Lipinski definition) is 4. The molecule has 0 radical (unpaired) electrons. The lowest BCUT2D eigenvalue weighted by Gasteiger charge is -2.72. The molecule has 0 aromatic rings. The van der Waals surface area contributed by atoms with Crippen molar-refractivity contribution in [3.63, 3.8) is 0 Å². The van der Waals surface area contributed by atoms with E-state index in [1.54, 1.807) is 0 Å². The monoisotopic (exact) mass is 643 g/mol. The molecule has 5 saturated carbocycles. The number of Topliss-reactive ketones (excluding diaryl/α,β-unsaturated/α-hetero) is 1. The predicted molar refractivity (Wildman–Crippen MR) is 175 cm³/mol. The lowest BCUT2D eigenvalue weighted by Crippen LogP contribution is -2.66. The van der Waals surface area contributed by atoms with Crippen molar-refractivity contribution in [2.75, 3.05) is 6.54 Å². The zero-order valence-electron chi connectivity index (χ0n) is 29.8. The van der Waals surface area contributed by atoms with Gasteiger partial charge in [-0.3, -0.25) is 14.4 Å². The normalized spacial score (nSPS) is 43.3. The molecule has 6 aliphatic rings. The first kappa shape index (κ1) is 34.1. The molecule has 0 spiro atoms. The van der Waals surface area contributed by atoms with E-state index in [9.17, 15) is 23.2 Å². The minimum Gasteiger partial charge on any atom is -0.462 e. The molecule has 0 aromatic heterocycles. The summed E-state index contributed by atoms with van der Waals surface area (Å²) in [5.74, 6) is -1.41. The molecule has 258 valence electrons. The first-order valence-corrected chi connectivity index (χ1v) is 18.4. The van der Waals surface area contributed by atoms with E-state index in [-0.39, 0.29) is 82.4 Å². The molecule has 6 rings (SSSR count). The molecule has 0 heterocycles. The fourth-order valence-corrected chi connectivity index (χ4v) is 13.0. The van der Waals surface area contributed by atoms with Gasteiger partial charge in [0, 0.05) is 38.1 Å². The van der Waals surface area contributed by atoms with Gasteiger partial charge in [-0.15, -0.1) is 0 Å². The van der Waals surface area contributed by atoms with Crippen LogP contribution >= 0.6 is 0 Å². The molecule has 0 aliphatic heterocycles.